The summed E-state index contributed by atoms with van der Waals surface area (Å²) in [6.45, 7) is 6.58. The van der Waals surface area contributed by atoms with Gasteiger partial charge in [-0.15, -0.1) is 0 Å². The molecule has 1 amide bonds. The summed E-state index contributed by atoms with van der Waals surface area (Å²) in [4.78, 5) is 29.8. The second kappa shape index (κ2) is 7.86. The molecule has 1 saturated heterocycles. The van der Waals surface area contributed by atoms with Crippen molar-refractivity contribution in [2.45, 2.75) is 25.2 Å². The van der Waals surface area contributed by atoms with Gasteiger partial charge in [0, 0.05) is 55.2 Å². The van der Waals surface area contributed by atoms with Crippen LogP contribution >= 0.6 is 0 Å². The maximum absolute atomic E-state index is 11.9. The molecule has 2 aromatic heterocycles. The van der Waals surface area contributed by atoms with Crippen LogP contribution in [0, 0.1) is 0 Å². The molecule has 152 valence electrons. The second-order valence-corrected chi connectivity index (χ2v) is 8.03. The zero-order valence-electron chi connectivity index (χ0n) is 17.0. The monoisotopic (exact) mass is 399 g/mol. The maximum atomic E-state index is 11.9. The van der Waals surface area contributed by atoms with Crippen molar-refractivity contribution in [1.82, 2.24) is 19.9 Å². The van der Waals surface area contributed by atoms with Crippen molar-refractivity contribution in [2.75, 3.05) is 31.1 Å². The van der Waals surface area contributed by atoms with Gasteiger partial charge in [-0.1, -0.05) is 30.8 Å². The number of fused-ring (bicyclic) bond motifs is 2. The number of carbonyl (C=O) groups is 1. The Morgan fingerprint density at radius 3 is 2.77 bits per heavy atom. The van der Waals surface area contributed by atoms with Crippen molar-refractivity contribution in [3.05, 3.63) is 72.5 Å². The largest absolute Gasteiger partial charge is 0.353 e. The quantitative estimate of drug-likeness (QED) is 0.633. The van der Waals surface area contributed by atoms with E-state index >= 15 is 0 Å². The molecule has 1 aliphatic carbocycles. The number of hydrogen-bond donors (Lipinski definition) is 0. The van der Waals surface area contributed by atoms with E-state index in [4.69, 9.17) is 0 Å². The van der Waals surface area contributed by atoms with Crippen LogP contribution in [0.5, 0.6) is 0 Å². The molecule has 3 aromatic rings. The van der Waals surface area contributed by atoms with E-state index in [1.807, 2.05) is 17.3 Å². The van der Waals surface area contributed by atoms with Gasteiger partial charge in [-0.05, 0) is 42.2 Å². The van der Waals surface area contributed by atoms with E-state index in [1.54, 1.807) is 6.33 Å². The van der Waals surface area contributed by atoms with Gasteiger partial charge in [0.05, 0.1) is 0 Å². The maximum Gasteiger partial charge on any atom is 0.246 e. The molecule has 0 bridgehead atoms. The van der Waals surface area contributed by atoms with Crippen LogP contribution in [0.4, 0.5) is 5.82 Å². The lowest BCUT2D eigenvalue weighted by atomic mass is 9.81. The number of anilines is 1. The Balaban J connectivity index is 1.39. The Morgan fingerprint density at radius 2 is 1.93 bits per heavy atom. The fourth-order valence-electron chi connectivity index (χ4n) is 4.80. The lowest BCUT2D eigenvalue weighted by Crippen LogP contribution is -2.49. The highest BCUT2D eigenvalue weighted by Crippen LogP contribution is 2.37. The number of amides is 1. The average molecular weight is 399 g/mol. The van der Waals surface area contributed by atoms with Gasteiger partial charge in [0.1, 0.15) is 12.1 Å². The van der Waals surface area contributed by atoms with Crippen LogP contribution in [0.15, 0.2) is 55.6 Å². The first-order chi connectivity index (χ1) is 14.7. The third-order valence-corrected chi connectivity index (χ3v) is 6.40. The zero-order chi connectivity index (χ0) is 20.5. The minimum atomic E-state index is 0.00547. The van der Waals surface area contributed by atoms with E-state index < -0.39 is 0 Å². The Bertz CT molecular complexity index is 1100. The summed E-state index contributed by atoms with van der Waals surface area (Å²) in [5.41, 5.74) is 3.73. The highest BCUT2D eigenvalue weighted by molar-refractivity contribution is 5.87. The van der Waals surface area contributed by atoms with Crippen LogP contribution in [0.1, 0.15) is 29.2 Å². The molecule has 1 fully saturated rings. The standard InChI is InChI=1S/C24H25N5O/c1-2-23(30)28-9-11-29(12-10-28)24-20-8-7-17(13-22(20)26-16-27-24)21-15-25-14-18-5-3-4-6-19(18)21/h2-6,14-17H,1,7-13H2. The number of benzene rings is 1. The molecule has 6 nitrogen and oxygen atoms in total. The molecule has 0 radical (unpaired) electrons. The van der Waals surface area contributed by atoms with Crippen LogP contribution in [0.25, 0.3) is 10.8 Å². The fraction of sp³-hybridized carbons (Fsp3) is 0.333. The summed E-state index contributed by atoms with van der Waals surface area (Å²) < 4.78 is 0. The van der Waals surface area contributed by atoms with E-state index in [9.17, 15) is 4.79 Å². The summed E-state index contributed by atoms with van der Waals surface area (Å²) in [5.74, 6) is 1.46. The van der Waals surface area contributed by atoms with Crippen molar-refractivity contribution in [1.29, 1.82) is 0 Å². The first kappa shape index (κ1) is 18.7. The minimum absolute atomic E-state index is 0.00547. The van der Waals surface area contributed by atoms with E-state index in [2.05, 4.69) is 50.7 Å². The van der Waals surface area contributed by atoms with Gasteiger partial charge in [0.25, 0.3) is 0 Å². The van der Waals surface area contributed by atoms with E-state index in [0.29, 0.717) is 19.0 Å². The number of rotatable bonds is 3. The van der Waals surface area contributed by atoms with Gasteiger partial charge in [0.15, 0.2) is 0 Å². The summed E-state index contributed by atoms with van der Waals surface area (Å²) in [6, 6.07) is 8.47. The van der Waals surface area contributed by atoms with Gasteiger partial charge in [-0.3, -0.25) is 9.78 Å². The smallest absolute Gasteiger partial charge is 0.246 e. The van der Waals surface area contributed by atoms with Crippen LogP contribution in [-0.2, 0) is 17.6 Å². The highest BCUT2D eigenvalue weighted by atomic mass is 16.2. The molecule has 0 saturated carbocycles. The predicted octanol–water partition coefficient (Wildman–Crippen LogP) is 3.13. The Kier molecular flexibility index (Phi) is 4.91. The SMILES string of the molecule is C=CC(=O)N1CCN(c2ncnc3c2CCC(c2cncc4ccccc24)C3)CC1. The predicted molar refractivity (Wildman–Crippen MR) is 118 cm³/mol. The van der Waals surface area contributed by atoms with Gasteiger partial charge in [-0.25, -0.2) is 9.97 Å². The average Bonchev–Trinajstić information content (AvgIpc) is 2.82. The molecular weight excluding hydrogens is 374 g/mol. The Hall–Kier alpha value is -3.28. The Labute approximate surface area is 176 Å². The van der Waals surface area contributed by atoms with Crippen LogP contribution in [0.2, 0.25) is 0 Å². The van der Waals surface area contributed by atoms with Crippen molar-refractivity contribution in [3.8, 4) is 0 Å². The molecule has 2 aliphatic rings. The van der Waals surface area contributed by atoms with Gasteiger partial charge in [-0.2, -0.15) is 0 Å². The van der Waals surface area contributed by atoms with Gasteiger partial charge in [0.2, 0.25) is 5.91 Å². The number of piperazine rings is 1. The molecule has 1 atom stereocenters. The first-order valence-electron chi connectivity index (χ1n) is 10.6. The van der Waals surface area contributed by atoms with E-state index in [-0.39, 0.29) is 5.91 Å². The molecule has 3 heterocycles. The number of pyridine rings is 1. The van der Waals surface area contributed by atoms with Gasteiger partial charge < -0.3 is 9.80 Å². The number of aromatic nitrogens is 3. The zero-order valence-corrected chi connectivity index (χ0v) is 17.0. The minimum Gasteiger partial charge on any atom is -0.353 e. The summed E-state index contributed by atoms with van der Waals surface area (Å²) in [5, 5.41) is 2.48. The van der Waals surface area contributed by atoms with E-state index in [1.165, 1.54) is 28.0 Å². The topological polar surface area (TPSA) is 62.2 Å². The number of carbonyl (C=O) groups excluding carboxylic acids is 1. The normalized spacial score (nSPS) is 18.9. The van der Waals surface area contributed by atoms with E-state index in [0.717, 1.165) is 43.9 Å². The van der Waals surface area contributed by atoms with Crippen molar-refractivity contribution < 1.29 is 4.79 Å². The van der Waals surface area contributed by atoms with Crippen molar-refractivity contribution in [3.63, 3.8) is 0 Å². The second-order valence-electron chi connectivity index (χ2n) is 8.03. The molecule has 1 aliphatic heterocycles. The number of nitrogens with zero attached hydrogens (tertiary/aromatic N) is 5. The third-order valence-electron chi connectivity index (χ3n) is 6.40. The molecule has 0 spiro atoms. The first-order valence-corrected chi connectivity index (χ1v) is 10.6. The molecule has 5 rings (SSSR count). The van der Waals surface area contributed by atoms with Gasteiger partial charge >= 0.3 is 0 Å². The summed E-state index contributed by atoms with van der Waals surface area (Å²) >= 11 is 0. The molecular formula is C24H25N5O. The molecule has 30 heavy (non-hydrogen) atoms. The van der Waals surface area contributed by atoms with Crippen LogP contribution in [0.3, 0.4) is 0 Å². The number of hydrogen-bond acceptors (Lipinski definition) is 5. The van der Waals surface area contributed by atoms with Crippen molar-refractivity contribution >= 4 is 22.5 Å². The summed E-state index contributed by atoms with van der Waals surface area (Å²) in [6.07, 6.45) is 9.99. The fourth-order valence-corrected chi connectivity index (χ4v) is 4.80. The highest BCUT2D eigenvalue weighted by Gasteiger charge is 2.28. The molecule has 1 aromatic carbocycles. The van der Waals surface area contributed by atoms with Crippen LogP contribution < -0.4 is 4.90 Å². The molecule has 1 unspecified atom stereocenters. The lowest BCUT2D eigenvalue weighted by Gasteiger charge is -2.37. The lowest BCUT2D eigenvalue weighted by molar-refractivity contribution is -0.126. The molecule has 0 N–H and O–H groups in total. The third kappa shape index (κ3) is 3.32. The molecule has 6 heteroatoms. The van der Waals surface area contributed by atoms with Crippen molar-refractivity contribution in [2.24, 2.45) is 0 Å². The van der Waals surface area contributed by atoms with Crippen LogP contribution in [-0.4, -0.2) is 51.9 Å². The summed E-state index contributed by atoms with van der Waals surface area (Å²) in [7, 11) is 0. The Morgan fingerprint density at radius 1 is 1.10 bits per heavy atom.